The number of halogens is 1. The maximum atomic E-state index is 12.9. The van der Waals surface area contributed by atoms with Crippen LogP contribution in [0.2, 0.25) is 0 Å². The van der Waals surface area contributed by atoms with Crippen LogP contribution in [0.4, 0.5) is 0 Å². The van der Waals surface area contributed by atoms with Gasteiger partial charge in [0.2, 0.25) is 0 Å². The standard InChI is InChI=1S/C34H36BrO5S/c1-22(35)33(37)39-28-10-14-31(15-11-28)41(29-6-4-3-5-7-29)30-12-8-27(9-13-30)38-21-32(36)40-34(2)25-17-23-16-24(19-25)20-26(34)18-23/h3-15,22-26H,16-21H2,1-2H3/q+1. The van der Waals surface area contributed by atoms with Gasteiger partial charge in [-0.05, 0) is 130 Å². The Morgan fingerprint density at radius 2 is 1.32 bits per heavy atom. The quantitative estimate of drug-likeness (QED) is 0.105. The topological polar surface area (TPSA) is 61.8 Å². The van der Waals surface area contributed by atoms with Crippen LogP contribution in [0, 0.1) is 23.7 Å². The lowest BCUT2D eigenvalue weighted by atomic mass is 9.50. The second-order valence-electron chi connectivity index (χ2n) is 11.9. The lowest BCUT2D eigenvalue weighted by Crippen LogP contribution is -2.58. The molecule has 4 fully saturated rings. The molecule has 0 saturated heterocycles. The van der Waals surface area contributed by atoms with Gasteiger partial charge in [-0.15, -0.1) is 0 Å². The summed E-state index contributed by atoms with van der Waals surface area (Å²) in [6, 6.07) is 25.9. The molecule has 0 N–H and O–H groups in total. The zero-order valence-corrected chi connectivity index (χ0v) is 25.9. The summed E-state index contributed by atoms with van der Waals surface area (Å²) in [6.07, 6.45) is 6.18. The number of ether oxygens (including phenoxy) is 3. The Balaban J connectivity index is 1.12. The molecule has 3 aromatic rings. The number of hydrogen-bond donors (Lipinski definition) is 0. The molecule has 0 spiro atoms. The van der Waals surface area contributed by atoms with Crippen molar-refractivity contribution in [1.29, 1.82) is 0 Å². The third-order valence-corrected chi connectivity index (χ3v) is 11.7. The van der Waals surface area contributed by atoms with Crippen molar-refractivity contribution in [3.8, 4) is 11.5 Å². The van der Waals surface area contributed by atoms with Crippen molar-refractivity contribution in [2.75, 3.05) is 6.61 Å². The van der Waals surface area contributed by atoms with Crippen molar-refractivity contribution in [3.05, 3.63) is 78.9 Å². The van der Waals surface area contributed by atoms with Crippen LogP contribution in [0.25, 0.3) is 0 Å². The molecule has 5 nitrogen and oxygen atoms in total. The summed E-state index contributed by atoms with van der Waals surface area (Å²) < 4.78 is 17.5. The van der Waals surface area contributed by atoms with Crippen molar-refractivity contribution in [3.63, 3.8) is 0 Å². The van der Waals surface area contributed by atoms with E-state index < -0.39 is 0 Å². The van der Waals surface area contributed by atoms with E-state index in [1.807, 2.05) is 54.6 Å². The summed E-state index contributed by atoms with van der Waals surface area (Å²) in [5.74, 6) is 3.20. The maximum absolute atomic E-state index is 12.9. The van der Waals surface area contributed by atoms with Gasteiger partial charge in [-0.25, -0.2) is 4.79 Å². The van der Waals surface area contributed by atoms with E-state index in [2.05, 4.69) is 47.1 Å². The van der Waals surface area contributed by atoms with Crippen LogP contribution in [0.5, 0.6) is 11.5 Å². The molecule has 0 amide bonds. The number of hydrogen-bond acceptors (Lipinski definition) is 5. The third kappa shape index (κ3) is 6.07. The molecule has 4 aliphatic rings. The van der Waals surface area contributed by atoms with Crippen LogP contribution in [-0.4, -0.2) is 29.0 Å². The van der Waals surface area contributed by atoms with Crippen molar-refractivity contribution < 1.29 is 23.8 Å². The fourth-order valence-electron chi connectivity index (χ4n) is 7.18. The molecule has 2 unspecified atom stereocenters. The number of benzene rings is 3. The first-order valence-corrected chi connectivity index (χ1v) is 16.6. The highest BCUT2D eigenvalue weighted by Crippen LogP contribution is 2.59. The van der Waals surface area contributed by atoms with Crippen LogP contribution in [-0.2, 0) is 25.2 Å². The van der Waals surface area contributed by atoms with Gasteiger partial charge < -0.3 is 14.2 Å². The van der Waals surface area contributed by atoms with E-state index in [0.29, 0.717) is 23.3 Å². The average molecular weight is 637 g/mol. The highest BCUT2D eigenvalue weighted by molar-refractivity contribution is 9.10. The molecular formula is C34H36BrO5S+. The van der Waals surface area contributed by atoms with Gasteiger partial charge >= 0.3 is 11.9 Å². The molecule has 4 bridgehead atoms. The van der Waals surface area contributed by atoms with Crippen LogP contribution in [0.1, 0.15) is 46.0 Å². The van der Waals surface area contributed by atoms with Gasteiger partial charge in [0.05, 0.1) is 10.9 Å². The van der Waals surface area contributed by atoms with E-state index in [4.69, 9.17) is 14.2 Å². The molecule has 3 aromatic carbocycles. The smallest absolute Gasteiger partial charge is 0.344 e. The summed E-state index contributed by atoms with van der Waals surface area (Å²) in [5, 5.41) is 0. The second kappa shape index (κ2) is 11.8. The first kappa shape index (κ1) is 28.4. The van der Waals surface area contributed by atoms with Gasteiger partial charge in [-0.2, -0.15) is 0 Å². The van der Waals surface area contributed by atoms with E-state index in [1.54, 1.807) is 6.92 Å². The Labute approximate surface area is 253 Å². The average Bonchev–Trinajstić information content (AvgIpc) is 2.97. The highest BCUT2D eigenvalue weighted by atomic mass is 79.9. The fourth-order valence-corrected chi connectivity index (χ4v) is 9.34. The van der Waals surface area contributed by atoms with Gasteiger partial charge in [-0.1, -0.05) is 34.1 Å². The van der Waals surface area contributed by atoms with Crippen LogP contribution >= 0.6 is 15.9 Å². The summed E-state index contributed by atoms with van der Waals surface area (Å²) in [6.45, 7) is 3.82. The van der Waals surface area contributed by atoms with Gasteiger partial charge in [0.1, 0.15) is 21.9 Å². The molecule has 41 heavy (non-hydrogen) atoms. The molecule has 0 aliphatic heterocycles. The van der Waals surface area contributed by atoms with Crippen LogP contribution < -0.4 is 9.47 Å². The lowest BCUT2D eigenvalue weighted by molar-refractivity contribution is -0.204. The van der Waals surface area contributed by atoms with E-state index in [0.717, 1.165) is 21.6 Å². The largest absolute Gasteiger partial charge is 0.482 e. The minimum absolute atomic E-state index is 0.0845. The first-order chi connectivity index (χ1) is 19.8. The van der Waals surface area contributed by atoms with Gasteiger partial charge in [0.15, 0.2) is 21.3 Å². The summed E-state index contributed by atoms with van der Waals surface area (Å²) in [5.41, 5.74) is -0.345. The maximum Gasteiger partial charge on any atom is 0.344 e. The molecule has 4 aliphatic carbocycles. The number of alkyl halides is 1. The lowest BCUT2D eigenvalue weighted by Gasteiger charge is -2.59. The molecule has 0 aromatic heterocycles. The molecule has 4 saturated carbocycles. The van der Waals surface area contributed by atoms with E-state index in [1.165, 1.54) is 37.0 Å². The predicted octanol–water partition coefficient (Wildman–Crippen LogP) is 7.61. The SMILES string of the molecule is CC(Br)C(=O)Oc1ccc([S+](c2ccccc2)c2ccc(OCC(=O)OC3(C)C4CC5CC(C4)CC3C5)cc2)cc1. The first-order valence-electron chi connectivity index (χ1n) is 14.5. The molecule has 7 rings (SSSR count). The Kier molecular flexibility index (Phi) is 8.19. The Morgan fingerprint density at radius 1 is 0.805 bits per heavy atom. The van der Waals surface area contributed by atoms with E-state index in [9.17, 15) is 9.59 Å². The minimum atomic E-state index is -0.375. The third-order valence-electron chi connectivity index (χ3n) is 9.09. The Hall–Kier alpha value is -2.77. The number of esters is 2. The highest BCUT2D eigenvalue weighted by Gasteiger charge is 2.57. The van der Waals surface area contributed by atoms with Crippen LogP contribution in [0.3, 0.4) is 0 Å². The second-order valence-corrected chi connectivity index (χ2v) is 15.3. The number of carbonyl (C=O) groups is 2. The Bertz CT molecular complexity index is 1340. The number of rotatable bonds is 9. The Morgan fingerprint density at radius 3 is 1.85 bits per heavy atom. The van der Waals surface area contributed by atoms with Crippen molar-refractivity contribution in [1.82, 2.24) is 0 Å². The zero-order valence-electron chi connectivity index (χ0n) is 23.5. The zero-order chi connectivity index (χ0) is 28.6. The molecular weight excluding hydrogens is 600 g/mol. The summed E-state index contributed by atoms with van der Waals surface area (Å²) >= 11 is 3.25. The summed E-state index contributed by atoms with van der Waals surface area (Å²) in [4.78, 5) is 27.9. The molecule has 2 atom stereocenters. The molecule has 0 heterocycles. The molecule has 214 valence electrons. The van der Waals surface area contributed by atoms with E-state index in [-0.39, 0.29) is 39.9 Å². The molecule has 7 heteroatoms. The van der Waals surface area contributed by atoms with Gasteiger partial charge in [0.25, 0.3) is 0 Å². The predicted molar refractivity (Wildman–Crippen MR) is 163 cm³/mol. The summed E-state index contributed by atoms with van der Waals surface area (Å²) in [7, 11) is -0.375. The van der Waals surface area contributed by atoms with Crippen molar-refractivity contribution in [2.45, 2.75) is 71.1 Å². The van der Waals surface area contributed by atoms with Gasteiger partial charge in [-0.3, -0.25) is 4.79 Å². The number of carbonyl (C=O) groups excluding carboxylic acids is 2. The molecule has 0 radical (unpaired) electrons. The minimum Gasteiger partial charge on any atom is -0.482 e. The van der Waals surface area contributed by atoms with Gasteiger partial charge in [0, 0.05) is 0 Å². The van der Waals surface area contributed by atoms with Crippen molar-refractivity contribution >= 4 is 38.8 Å². The monoisotopic (exact) mass is 635 g/mol. The fraction of sp³-hybridized carbons (Fsp3) is 0.412. The normalized spacial score (nSPS) is 27.6. The van der Waals surface area contributed by atoms with E-state index >= 15 is 0 Å². The van der Waals surface area contributed by atoms with Crippen molar-refractivity contribution in [2.24, 2.45) is 23.7 Å². The van der Waals surface area contributed by atoms with Crippen LogP contribution in [0.15, 0.2) is 93.5 Å².